The number of carbonyl (C=O) groups is 1. The molecule has 7 heteroatoms. The van der Waals surface area contributed by atoms with Crippen LogP contribution in [-0.2, 0) is 9.53 Å². The minimum atomic E-state index is -0.897. The Kier molecular flexibility index (Phi) is 2.57. The molecule has 2 rings (SSSR count). The van der Waals surface area contributed by atoms with Crippen LogP contribution < -0.4 is 5.32 Å². The molecule has 0 bridgehead atoms. The Morgan fingerprint density at radius 3 is 3.27 bits per heavy atom. The Morgan fingerprint density at radius 2 is 2.67 bits per heavy atom. The average Bonchev–Trinajstić information content (AvgIpc) is 2.78. The first-order valence-corrected chi connectivity index (χ1v) is 5.24. The number of nitrogens with one attached hydrogen (secondary N) is 1. The number of aliphatic carboxylic acids is 1. The van der Waals surface area contributed by atoms with E-state index in [0.29, 0.717) is 11.7 Å². The van der Waals surface area contributed by atoms with Gasteiger partial charge in [0.15, 0.2) is 0 Å². The molecular weight excluding hydrogens is 218 g/mol. The first kappa shape index (κ1) is 10.3. The lowest BCUT2D eigenvalue weighted by Gasteiger charge is -2.24. The molecule has 1 fully saturated rings. The number of ether oxygens (including phenoxy) is 1. The van der Waals surface area contributed by atoms with Crippen LogP contribution in [0, 0.1) is 5.41 Å². The Labute approximate surface area is 90.5 Å². The molecule has 82 valence electrons. The van der Waals surface area contributed by atoms with Crippen LogP contribution in [-0.4, -0.2) is 39.7 Å². The molecule has 0 radical (unpaired) electrons. The largest absolute Gasteiger partial charge is 0.481 e. The molecule has 0 aliphatic carbocycles. The summed E-state index contributed by atoms with van der Waals surface area (Å²) in [6.07, 6.45) is 1.43. The molecule has 0 amide bonds. The molecule has 0 saturated carbocycles. The minimum absolute atomic E-state index is 0.221. The van der Waals surface area contributed by atoms with Gasteiger partial charge >= 0.3 is 5.97 Å². The van der Waals surface area contributed by atoms with E-state index in [1.807, 2.05) is 0 Å². The second kappa shape index (κ2) is 3.74. The summed E-state index contributed by atoms with van der Waals surface area (Å²) in [4.78, 5) is 15.1. The molecule has 0 spiro atoms. The van der Waals surface area contributed by atoms with E-state index in [9.17, 15) is 4.79 Å². The predicted octanol–water partition coefficient (Wildman–Crippen LogP) is 0.440. The van der Waals surface area contributed by atoms with E-state index >= 15 is 0 Å². The van der Waals surface area contributed by atoms with Crippen molar-refractivity contribution in [3.63, 3.8) is 0 Å². The Bertz CT molecular complexity index is 356. The van der Waals surface area contributed by atoms with Crippen molar-refractivity contribution in [2.24, 2.45) is 5.41 Å². The van der Waals surface area contributed by atoms with Crippen LogP contribution in [0.3, 0.4) is 0 Å². The van der Waals surface area contributed by atoms with Crippen LogP contribution in [0.25, 0.3) is 0 Å². The van der Waals surface area contributed by atoms with E-state index in [4.69, 9.17) is 9.84 Å². The zero-order valence-corrected chi connectivity index (χ0v) is 8.95. The van der Waals surface area contributed by atoms with E-state index in [1.54, 1.807) is 6.92 Å². The van der Waals surface area contributed by atoms with Gasteiger partial charge in [0.1, 0.15) is 11.7 Å². The normalized spacial score (nSPS) is 30.3. The van der Waals surface area contributed by atoms with E-state index in [1.165, 1.54) is 17.9 Å². The lowest BCUT2D eigenvalue weighted by atomic mass is 9.85. The third-order valence-corrected chi connectivity index (χ3v) is 3.20. The van der Waals surface area contributed by atoms with Gasteiger partial charge in [0.25, 0.3) is 0 Å². The highest BCUT2D eigenvalue weighted by Gasteiger charge is 2.46. The quantitative estimate of drug-likeness (QED) is 0.782. The molecule has 2 heterocycles. The standard InChI is InChI=1S/C8H11N3O3S/c1-8(6(12)13)3-14-2-5(8)11-7-9-4-10-15-7/h4-5H,2-3H2,1H3,(H,12,13)(H,9,10,11). The highest BCUT2D eigenvalue weighted by Crippen LogP contribution is 2.31. The Balaban J connectivity index is 2.12. The van der Waals surface area contributed by atoms with E-state index in [2.05, 4.69) is 14.7 Å². The zero-order chi connectivity index (χ0) is 10.9. The van der Waals surface area contributed by atoms with Crippen molar-refractivity contribution in [1.29, 1.82) is 0 Å². The lowest BCUT2D eigenvalue weighted by molar-refractivity contribution is -0.148. The minimum Gasteiger partial charge on any atom is -0.481 e. The summed E-state index contributed by atoms with van der Waals surface area (Å²) in [6.45, 7) is 2.27. The van der Waals surface area contributed by atoms with Crippen molar-refractivity contribution in [1.82, 2.24) is 9.36 Å². The van der Waals surface area contributed by atoms with Gasteiger partial charge in [-0.05, 0) is 6.92 Å². The number of hydrogen-bond donors (Lipinski definition) is 2. The van der Waals surface area contributed by atoms with Crippen molar-refractivity contribution in [3.05, 3.63) is 6.33 Å². The summed E-state index contributed by atoms with van der Waals surface area (Å²) >= 11 is 1.20. The molecular formula is C8H11N3O3S. The number of nitrogens with zero attached hydrogens (tertiary/aromatic N) is 2. The Hall–Kier alpha value is -1.21. The van der Waals surface area contributed by atoms with Gasteiger partial charge in [-0.15, -0.1) is 0 Å². The molecule has 1 aromatic heterocycles. The number of rotatable bonds is 3. The van der Waals surface area contributed by atoms with Crippen molar-refractivity contribution in [2.75, 3.05) is 18.5 Å². The predicted molar refractivity (Wildman–Crippen MR) is 53.9 cm³/mol. The Morgan fingerprint density at radius 1 is 1.87 bits per heavy atom. The highest BCUT2D eigenvalue weighted by atomic mass is 32.1. The van der Waals surface area contributed by atoms with Crippen LogP contribution >= 0.6 is 11.5 Å². The van der Waals surface area contributed by atoms with Crippen LogP contribution in [0.5, 0.6) is 0 Å². The van der Waals surface area contributed by atoms with Crippen molar-refractivity contribution >= 4 is 22.6 Å². The van der Waals surface area contributed by atoms with Crippen LogP contribution in [0.1, 0.15) is 6.92 Å². The van der Waals surface area contributed by atoms with Gasteiger partial charge in [0, 0.05) is 11.5 Å². The van der Waals surface area contributed by atoms with Gasteiger partial charge < -0.3 is 15.2 Å². The molecule has 1 aliphatic rings. The molecule has 6 nitrogen and oxygen atoms in total. The average molecular weight is 229 g/mol. The van der Waals surface area contributed by atoms with Crippen LogP contribution in [0.4, 0.5) is 5.13 Å². The van der Waals surface area contributed by atoms with E-state index in [0.717, 1.165) is 0 Å². The molecule has 15 heavy (non-hydrogen) atoms. The first-order valence-electron chi connectivity index (χ1n) is 4.47. The molecule has 1 aliphatic heterocycles. The van der Waals surface area contributed by atoms with Gasteiger partial charge in [0.2, 0.25) is 5.13 Å². The number of anilines is 1. The highest BCUT2D eigenvalue weighted by molar-refractivity contribution is 7.09. The summed E-state index contributed by atoms with van der Waals surface area (Å²) in [7, 11) is 0. The van der Waals surface area contributed by atoms with Crippen molar-refractivity contribution in [3.8, 4) is 0 Å². The third-order valence-electron chi connectivity index (χ3n) is 2.60. The molecule has 2 N–H and O–H groups in total. The SMILES string of the molecule is CC1(C(=O)O)COCC1Nc1ncns1. The van der Waals surface area contributed by atoms with Crippen LogP contribution in [0.2, 0.25) is 0 Å². The zero-order valence-electron chi connectivity index (χ0n) is 8.14. The van der Waals surface area contributed by atoms with Gasteiger partial charge in [-0.25, -0.2) is 4.98 Å². The van der Waals surface area contributed by atoms with Gasteiger partial charge in [0.05, 0.1) is 19.3 Å². The molecule has 1 saturated heterocycles. The van der Waals surface area contributed by atoms with Crippen molar-refractivity contribution < 1.29 is 14.6 Å². The van der Waals surface area contributed by atoms with Gasteiger partial charge in [-0.3, -0.25) is 4.79 Å². The second-order valence-corrected chi connectivity index (χ2v) is 4.46. The molecule has 1 aromatic rings. The fourth-order valence-corrected chi connectivity index (χ4v) is 1.95. The maximum atomic E-state index is 11.1. The molecule has 2 atom stereocenters. The maximum absolute atomic E-state index is 11.1. The van der Waals surface area contributed by atoms with Gasteiger partial charge in [-0.1, -0.05) is 0 Å². The van der Waals surface area contributed by atoms with Crippen molar-refractivity contribution in [2.45, 2.75) is 13.0 Å². The molecule has 2 unspecified atom stereocenters. The molecule has 0 aromatic carbocycles. The number of hydrogen-bond acceptors (Lipinski definition) is 6. The smallest absolute Gasteiger partial charge is 0.313 e. The summed E-state index contributed by atoms with van der Waals surface area (Å²) < 4.78 is 9.03. The fraction of sp³-hybridized carbons (Fsp3) is 0.625. The van der Waals surface area contributed by atoms with E-state index < -0.39 is 11.4 Å². The first-order chi connectivity index (χ1) is 7.13. The summed E-state index contributed by atoms with van der Waals surface area (Å²) in [5.41, 5.74) is -0.897. The maximum Gasteiger partial charge on any atom is 0.313 e. The fourth-order valence-electron chi connectivity index (χ4n) is 1.47. The summed E-state index contributed by atoms with van der Waals surface area (Å²) in [5.74, 6) is -0.859. The monoisotopic (exact) mass is 229 g/mol. The number of aromatic nitrogens is 2. The van der Waals surface area contributed by atoms with Gasteiger partial charge in [-0.2, -0.15) is 4.37 Å². The topological polar surface area (TPSA) is 84.3 Å². The second-order valence-electron chi connectivity index (χ2n) is 3.68. The lowest BCUT2D eigenvalue weighted by Crippen LogP contribution is -2.43. The third kappa shape index (κ3) is 1.80. The summed E-state index contributed by atoms with van der Waals surface area (Å²) in [6, 6.07) is -0.261. The number of carboxylic acid groups (broad SMARTS) is 1. The number of carboxylic acids is 1. The van der Waals surface area contributed by atoms with Crippen LogP contribution in [0.15, 0.2) is 6.33 Å². The van der Waals surface area contributed by atoms with E-state index in [-0.39, 0.29) is 12.6 Å². The summed E-state index contributed by atoms with van der Waals surface area (Å²) in [5, 5.41) is 12.8.